The molecule has 3 rings (SSSR count). The number of carbonyl (C=O) groups excluding carboxylic acids is 2. The maximum atomic E-state index is 12.5. The van der Waals surface area contributed by atoms with Gasteiger partial charge in [-0.1, -0.05) is 6.92 Å². The van der Waals surface area contributed by atoms with Crippen molar-refractivity contribution in [1.82, 2.24) is 35.2 Å². The van der Waals surface area contributed by atoms with Crippen molar-refractivity contribution >= 4 is 17.5 Å². The monoisotopic (exact) mass is 355 g/mol. The summed E-state index contributed by atoms with van der Waals surface area (Å²) in [4.78, 5) is 35.3. The molecule has 3 heterocycles. The van der Waals surface area contributed by atoms with Crippen molar-refractivity contribution in [2.45, 2.75) is 20.8 Å². The Morgan fingerprint density at radius 3 is 2.62 bits per heavy atom. The van der Waals surface area contributed by atoms with E-state index < -0.39 is 0 Å². The van der Waals surface area contributed by atoms with Gasteiger partial charge >= 0.3 is 0 Å². The minimum Gasteiger partial charge on any atom is -0.352 e. The van der Waals surface area contributed by atoms with Crippen molar-refractivity contribution in [2.75, 3.05) is 13.1 Å². The minimum absolute atomic E-state index is 0.0593. The Morgan fingerprint density at radius 2 is 1.92 bits per heavy atom. The molecule has 0 radical (unpaired) electrons. The molecular weight excluding hydrogens is 334 g/mol. The molecule has 0 saturated carbocycles. The van der Waals surface area contributed by atoms with Gasteiger partial charge in [0.1, 0.15) is 11.3 Å². The lowest BCUT2D eigenvalue weighted by Gasteiger charge is -2.13. The number of aryl methyl sites for hydroxylation is 2. The number of amides is 2. The Bertz CT molecular complexity index is 930. The predicted octanol–water partition coefficient (Wildman–Crippen LogP) is 0.865. The number of nitrogens with one attached hydrogen (secondary N) is 3. The van der Waals surface area contributed by atoms with Gasteiger partial charge in [0, 0.05) is 24.5 Å². The maximum Gasteiger partial charge on any atom is 0.269 e. The van der Waals surface area contributed by atoms with Gasteiger partial charge in [0.15, 0.2) is 5.65 Å². The second-order valence-corrected chi connectivity index (χ2v) is 6.32. The van der Waals surface area contributed by atoms with Gasteiger partial charge in [-0.3, -0.25) is 9.59 Å². The fourth-order valence-corrected chi connectivity index (χ4v) is 2.61. The first-order valence-corrected chi connectivity index (χ1v) is 8.32. The van der Waals surface area contributed by atoms with Crippen LogP contribution in [0.1, 0.15) is 39.2 Å². The van der Waals surface area contributed by atoms with Crippen LogP contribution < -0.4 is 10.6 Å². The van der Waals surface area contributed by atoms with Crippen LogP contribution in [0.25, 0.3) is 5.65 Å². The number of hydrogen-bond donors (Lipinski definition) is 3. The molecule has 0 aliphatic rings. The zero-order chi connectivity index (χ0) is 18.7. The Morgan fingerprint density at radius 1 is 1.19 bits per heavy atom. The molecule has 3 aromatic rings. The molecule has 1 unspecified atom stereocenters. The molecule has 3 aromatic heterocycles. The molecule has 0 aliphatic carbocycles. The molecule has 0 bridgehead atoms. The third kappa shape index (κ3) is 3.71. The molecule has 2 amide bonds. The van der Waals surface area contributed by atoms with Gasteiger partial charge in [-0.05, 0) is 25.8 Å². The minimum atomic E-state index is -0.232. The first kappa shape index (κ1) is 17.6. The maximum absolute atomic E-state index is 12.5. The van der Waals surface area contributed by atoms with Crippen molar-refractivity contribution in [3.63, 3.8) is 0 Å². The van der Waals surface area contributed by atoms with E-state index in [4.69, 9.17) is 0 Å². The Labute approximate surface area is 150 Å². The lowest BCUT2D eigenvalue weighted by Crippen LogP contribution is -2.35. The molecule has 1 atom stereocenters. The van der Waals surface area contributed by atoms with E-state index in [-0.39, 0.29) is 17.7 Å². The summed E-state index contributed by atoms with van der Waals surface area (Å²) in [5.74, 6) is -0.396. The number of imidazole rings is 1. The fourth-order valence-electron chi connectivity index (χ4n) is 2.61. The normalized spacial score (nSPS) is 12.1. The highest BCUT2D eigenvalue weighted by Gasteiger charge is 2.16. The number of rotatable bonds is 6. The van der Waals surface area contributed by atoms with Gasteiger partial charge < -0.3 is 15.6 Å². The number of carbonyl (C=O) groups is 2. The van der Waals surface area contributed by atoms with Crippen LogP contribution in [0.15, 0.2) is 24.8 Å². The van der Waals surface area contributed by atoms with E-state index in [0.29, 0.717) is 30.0 Å². The first-order chi connectivity index (χ1) is 12.5. The van der Waals surface area contributed by atoms with E-state index in [9.17, 15) is 9.59 Å². The lowest BCUT2D eigenvalue weighted by molar-refractivity contribution is 0.0939. The summed E-state index contributed by atoms with van der Waals surface area (Å²) in [6.45, 7) is 6.59. The van der Waals surface area contributed by atoms with Crippen molar-refractivity contribution in [1.29, 1.82) is 0 Å². The second kappa shape index (κ2) is 7.34. The highest BCUT2D eigenvalue weighted by molar-refractivity contribution is 5.99. The summed E-state index contributed by atoms with van der Waals surface area (Å²) >= 11 is 0. The number of H-pyrrole nitrogens is 1. The SMILES string of the molecule is Cc1cc(C)n2ncc(C(=O)NCC(C)CNC(=O)c3cnc[nH]3)c2n1. The van der Waals surface area contributed by atoms with Crippen molar-refractivity contribution in [2.24, 2.45) is 5.92 Å². The molecule has 9 heteroatoms. The van der Waals surface area contributed by atoms with Crippen LogP contribution >= 0.6 is 0 Å². The molecule has 0 aliphatic heterocycles. The van der Waals surface area contributed by atoms with E-state index in [1.165, 1.54) is 18.7 Å². The van der Waals surface area contributed by atoms with Crippen LogP contribution in [0.3, 0.4) is 0 Å². The van der Waals surface area contributed by atoms with Crippen LogP contribution in [0.5, 0.6) is 0 Å². The number of nitrogens with zero attached hydrogens (tertiary/aromatic N) is 4. The summed E-state index contributed by atoms with van der Waals surface area (Å²) in [5, 5.41) is 9.89. The first-order valence-electron chi connectivity index (χ1n) is 8.32. The van der Waals surface area contributed by atoms with Crippen molar-refractivity contribution in [3.05, 3.63) is 47.4 Å². The largest absolute Gasteiger partial charge is 0.352 e. The molecular formula is C17H21N7O2. The third-order valence-electron chi connectivity index (χ3n) is 3.99. The Hall–Kier alpha value is -3.23. The number of fused-ring (bicyclic) bond motifs is 1. The summed E-state index contributed by atoms with van der Waals surface area (Å²) < 4.78 is 1.65. The van der Waals surface area contributed by atoms with E-state index in [0.717, 1.165) is 11.4 Å². The highest BCUT2D eigenvalue weighted by atomic mass is 16.2. The number of aromatic nitrogens is 5. The molecule has 0 spiro atoms. The molecule has 0 saturated heterocycles. The standard InChI is InChI=1S/C17H21N7O2/c1-10(6-20-17(26)14-8-18-9-21-14)5-19-16(25)13-7-22-24-12(3)4-11(2)23-15(13)24/h4,7-10H,5-6H2,1-3H3,(H,18,21)(H,19,25)(H,20,26). The lowest BCUT2D eigenvalue weighted by atomic mass is 10.1. The summed E-state index contributed by atoms with van der Waals surface area (Å²) in [6, 6.07) is 1.91. The zero-order valence-corrected chi connectivity index (χ0v) is 14.9. The quantitative estimate of drug-likeness (QED) is 0.606. The van der Waals surface area contributed by atoms with Gasteiger partial charge in [-0.25, -0.2) is 14.5 Å². The van der Waals surface area contributed by atoms with E-state index in [1.807, 2.05) is 26.8 Å². The van der Waals surface area contributed by atoms with Crippen LogP contribution in [0.4, 0.5) is 0 Å². The van der Waals surface area contributed by atoms with Crippen LogP contribution in [-0.4, -0.2) is 49.5 Å². The number of aromatic amines is 1. The average Bonchev–Trinajstić information content (AvgIpc) is 3.27. The number of hydrogen-bond acceptors (Lipinski definition) is 5. The average molecular weight is 355 g/mol. The van der Waals surface area contributed by atoms with Gasteiger partial charge in [-0.2, -0.15) is 5.10 Å². The predicted molar refractivity (Wildman–Crippen MR) is 94.9 cm³/mol. The zero-order valence-electron chi connectivity index (χ0n) is 14.9. The van der Waals surface area contributed by atoms with Crippen molar-refractivity contribution < 1.29 is 9.59 Å². The summed E-state index contributed by atoms with van der Waals surface area (Å²) in [6.07, 6.45) is 4.44. The van der Waals surface area contributed by atoms with Crippen molar-refractivity contribution in [3.8, 4) is 0 Å². The van der Waals surface area contributed by atoms with Crippen LogP contribution in [0.2, 0.25) is 0 Å². The summed E-state index contributed by atoms with van der Waals surface area (Å²) in [7, 11) is 0. The summed E-state index contributed by atoms with van der Waals surface area (Å²) in [5.41, 5.74) is 3.14. The topological polar surface area (TPSA) is 117 Å². The highest BCUT2D eigenvalue weighted by Crippen LogP contribution is 2.11. The van der Waals surface area contributed by atoms with E-state index in [2.05, 4.69) is 30.7 Å². The smallest absolute Gasteiger partial charge is 0.269 e. The van der Waals surface area contributed by atoms with Gasteiger partial charge in [-0.15, -0.1) is 0 Å². The third-order valence-corrected chi connectivity index (χ3v) is 3.99. The molecule has 0 fully saturated rings. The molecule has 9 nitrogen and oxygen atoms in total. The Kier molecular flexibility index (Phi) is 4.97. The van der Waals surface area contributed by atoms with Gasteiger partial charge in [0.05, 0.1) is 18.7 Å². The fraction of sp³-hybridized carbons (Fsp3) is 0.353. The van der Waals surface area contributed by atoms with Crippen LogP contribution in [0, 0.1) is 19.8 Å². The molecule has 3 N–H and O–H groups in total. The molecule has 136 valence electrons. The van der Waals surface area contributed by atoms with E-state index in [1.54, 1.807) is 4.52 Å². The van der Waals surface area contributed by atoms with Crippen LogP contribution in [-0.2, 0) is 0 Å². The molecule has 0 aromatic carbocycles. The van der Waals surface area contributed by atoms with Gasteiger partial charge in [0.2, 0.25) is 0 Å². The second-order valence-electron chi connectivity index (χ2n) is 6.32. The van der Waals surface area contributed by atoms with E-state index >= 15 is 0 Å². The Balaban J connectivity index is 1.56. The van der Waals surface area contributed by atoms with Gasteiger partial charge in [0.25, 0.3) is 11.8 Å². The molecule has 26 heavy (non-hydrogen) atoms.